The Kier molecular flexibility index (Phi) is 6.53. The van der Waals surface area contributed by atoms with Crippen LogP contribution in [-0.4, -0.2) is 36.1 Å². The van der Waals surface area contributed by atoms with Crippen LogP contribution >= 0.6 is 11.3 Å². The number of amides is 1. The van der Waals surface area contributed by atoms with Gasteiger partial charge in [0.25, 0.3) is 0 Å². The summed E-state index contributed by atoms with van der Waals surface area (Å²) in [5.41, 5.74) is 4.14. The predicted octanol–water partition coefficient (Wildman–Crippen LogP) is 4.79. The zero-order chi connectivity index (χ0) is 21.8. The second-order valence-electron chi connectivity index (χ2n) is 7.61. The molecule has 0 spiro atoms. The van der Waals surface area contributed by atoms with Gasteiger partial charge in [0, 0.05) is 25.4 Å². The number of anilines is 2. The molecule has 1 aliphatic rings. The minimum atomic E-state index is -0.0357. The fraction of sp³-hybridized carbons (Fsp3) is 0.333. The van der Waals surface area contributed by atoms with Gasteiger partial charge in [-0.1, -0.05) is 31.2 Å². The fourth-order valence-electron chi connectivity index (χ4n) is 3.74. The molecule has 0 atom stereocenters. The van der Waals surface area contributed by atoms with Gasteiger partial charge in [0.05, 0.1) is 11.4 Å². The highest BCUT2D eigenvalue weighted by Gasteiger charge is 2.20. The molecule has 1 amide bonds. The van der Waals surface area contributed by atoms with Crippen LogP contribution in [-0.2, 0) is 24.3 Å². The molecule has 0 bridgehead atoms. The van der Waals surface area contributed by atoms with Crippen LogP contribution in [0.3, 0.4) is 0 Å². The first kappa shape index (κ1) is 21.3. The third kappa shape index (κ3) is 4.89. The lowest BCUT2D eigenvalue weighted by molar-refractivity contribution is -0.115. The molecule has 3 aromatic rings. The maximum atomic E-state index is 12.5. The summed E-state index contributed by atoms with van der Waals surface area (Å²) in [7, 11) is 2.06. The molecule has 0 radical (unpaired) electrons. The molecule has 0 saturated heterocycles. The molecule has 0 saturated carbocycles. The Bertz CT molecular complexity index is 1070. The predicted molar refractivity (Wildman–Crippen MR) is 123 cm³/mol. The number of thiazole rings is 1. The standard InChI is InChI=1S/C24H27N3O3S/c1-4-19-7-5-6-8-21(19)27(17(2)28)24-25-20(16-31-24)15-26(3)14-18-9-10-22-23(13-18)30-12-11-29-22/h5-10,13,16H,4,11-12,14-15H2,1-3H3. The van der Waals surface area contributed by atoms with Gasteiger partial charge in [0.15, 0.2) is 16.6 Å². The largest absolute Gasteiger partial charge is 0.486 e. The molecule has 2 heterocycles. The summed E-state index contributed by atoms with van der Waals surface area (Å²) in [6.07, 6.45) is 0.858. The van der Waals surface area contributed by atoms with Crippen molar-refractivity contribution in [3.05, 3.63) is 64.7 Å². The highest BCUT2D eigenvalue weighted by molar-refractivity contribution is 7.14. The van der Waals surface area contributed by atoms with Gasteiger partial charge >= 0.3 is 0 Å². The first-order valence-corrected chi connectivity index (χ1v) is 11.3. The fourth-order valence-corrected chi connectivity index (χ4v) is 4.61. The number of benzene rings is 2. The van der Waals surface area contributed by atoms with Gasteiger partial charge in [-0.3, -0.25) is 14.6 Å². The van der Waals surface area contributed by atoms with Crippen LogP contribution in [0, 0.1) is 0 Å². The number of aryl methyl sites for hydroxylation is 1. The van der Waals surface area contributed by atoms with Gasteiger partial charge in [-0.2, -0.15) is 0 Å². The van der Waals surface area contributed by atoms with Gasteiger partial charge in [0.2, 0.25) is 5.91 Å². The van der Waals surface area contributed by atoms with E-state index in [0.717, 1.165) is 47.0 Å². The van der Waals surface area contributed by atoms with Crippen molar-refractivity contribution >= 4 is 28.1 Å². The van der Waals surface area contributed by atoms with Crippen molar-refractivity contribution in [2.75, 3.05) is 25.2 Å². The third-order valence-corrected chi connectivity index (χ3v) is 6.02. The molecule has 7 heteroatoms. The highest BCUT2D eigenvalue weighted by Crippen LogP contribution is 2.33. The SMILES string of the molecule is CCc1ccccc1N(C(C)=O)c1nc(CN(C)Cc2ccc3c(c2)OCCO3)cs1. The number of hydrogen-bond acceptors (Lipinski definition) is 6. The van der Waals surface area contributed by atoms with Crippen molar-refractivity contribution in [1.29, 1.82) is 0 Å². The van der Waals surface area contributed by atoms with Crippen molar-refractivity contribution < 1.29 is 14.3 Å². The summed E-state index contributed by atoms with van der Waals surface area (Å²) in [6, 6.07) is 14.1. The average Bonchev–Trinajstić information content (AvgIpc) is 3.21. The van der Waals surface area contributed by atoms with Gasteiger partial charge in [0.1, 0.15) is 13.2 Å². The van der Waals surface area contributed by atoms with Crippen molar-refractivity contribution in [3.8, 4) is 11.5 Å². The van der Waals surface area contributed by atoms with Gasteiger partial charge in [-0.25, -0.2) is 4.98 Å². The average molecular weight is 438 g/mol. The Hall–Kier alpha value is -2.90. The summed E-state index contributed by atoms with van der Waals surface area (Å²) < 4.78 is 11.3. The first-order valence-electron chi connectivity index (χ1n) is 10.4. The molecule has 1 aromatic heterocycles. The zero-order valence-corrected chi connectivity index (χ0v) is 18.9. The normalized spacial score (nSPS) is 12.8. The van der Waals surface area contributed by atoms with Gasteiger partial charge in [-0.05, 0) is 42.8 Å². The van der Waals surface area contributed by atoms with E-state index >= 15 is 0 Å². The van der Waals surface area contributed by atoms with E-state index in [0.29, 0.717) is 24.9 Å². The maximum absolute atomic E-state index is 12.5. The van der Waals surface area contributed by atoms with E-state index < -0.39 is 0 Å². The molecule has 1 aliphatic heterocycles. The van der Waals surface area contributed by atoms with Crippen LogP contribution in [0.1, 0.15) is 30.7 Å². The molecule has 0 aliphatic carbocycles. The van der Waals surface area contributed by atoms with Crippen LogP contribution in [0.15, 0.2) is 47.8 Å². The lowest BCUT2D eigenvalue weighted by atomic mass is 10.1. The summed E-state index contributed by atoms with van der Waals surface area (Å²) >= 11 is 1.50. The number of aromatic nitrogens is 1. The molecule has 4 rings (SSSR count). The molecule has 6 nitrogen and oxygen atoms in total. The van der Waals surface area contributed by atoms with Crippen LogP contribution in [0.2, 0.25) is 0 Å². The van der Waals surface area contributed by atoms with E-state index in [2.05, 4.69) is 31.0 Å². The van der Waals surface area contributed by atoms with E-state index in [9.17, 15) is 4.79 Å². The third-order valence-electron chi connectivity index (χ3n) is 5.15. The molecule has 0 unspecified atom stereocenters. The Labute approximate surface area is 187 Å². The smallest absolute Gasteiger partial charge is 0.230 e. The van der Waals surface area contributed by atoms with E-state index in [4.69, 9.17) is 14.5 Å². The van der Waals surface area contributed by atoms with Crippen molar-refractivity contribution in [2.24, 2.45) is 0 Å². The molecule has 0 N–H and O–H groups in total. The maximum Gasteiger partial charge on any atom is 0.230 e. The number of carbonyl (C=O) groups is 1. The lowest BCUT2D eigenvalue weighted by Crippen LogP contribution is -2.24. The second kappa shape index (κ2) is 9.49. The number of nitrogens with zero attached hydrogens (tertiary/aromatic N) is 3. The Morgan fingerprint density at radius 3 is 2.65 bits per heavy atom. The molecule has 2 aromatic carbocycles. The van der Waals surface area contributed by atoms with E-state index in [-0.39, 0.29) is 5.91 Å². The Morgan fingerprint density at radius 2 is 1.87 bits per heavy atom. The van der Waals surface area contributed by atoms with Crippen molar-refractivity contribution in [1.82, 2.24) is 9.88 Å². The van der Waals surface area contributed by atoms with E-state index in [1.54, 1.807) is 11.8 Å². The van der Waals surface area contributed by atoms with Gasteiger partial charge < -0.3 is 9.47 Å². The monoisotopic (exact) mass is 437 g/mol. The van der Waals surface area contributed by atoms with Gasteiger partial charge in [-0.15, -0.1) is 11.3 Å². The topological polar surface area (TPSA) is 54.9 Å². The van der Waals surface area contributed by atoms with Crippen LogP contribution < -0.4 is 14.4 Å². The summed E-state index contributed by atoms with van der Waals surface area (Å²) in [6.45, 7) is 6.31. The first-order chi connectivity index (χ1) is 15.0. The highest BCUT2D eigenvalue weighted by atomic mass is 32.1. The summed E-state index contributed by atoms with van der Waals surface area (Å²) in [5, 5.41) is 2.73. The molecule has 31 heavy (non-hydrogen) atoms. The minimum absolute atomic E-state index is 0.0357. The number of ether oxygens (including phenoxy) is 2. The molecular weight excluding hydrogens is 410 g/mol. The van der Waals surface area contributed by atoms with Crippen molar-refractivity contribution in [2.45, 2.75) is 33.4 Å². The number of rotatable bonds is 7. The number of fused-ring (bicyclic) bond motifs is 1. The second-order valence-corrected chi connectivity index (χ2v) is 8.44. The van der Waals surface area contributed by atoms with Crippen LogP contribution in [0.25, 0.3) is 0 Å². The van der Waals surface area contributed by atoms with E-state index in [1.807, 2.05) is 35.7 Å². The quantitative estimate of drug-likeness (QED) is 0.532. The Morgan fingerprint density at radius 1 is 1.10 bits per heavy atom. The number of hydrogen-bond donors (Lipinski definition) is 0. The Balaban J connectivity index is 1.47. The lowest BCUT2D eigenvalue weighted by Gasteiger charge is -2.21. The minimum Gasteiger partial charge on any atom is -0.486 e. The molecule has 0 fully saturated rings. The number of carbonyl (C=O) groups excluding carboxylic acids is 1. The van der Waals surface area contributed by atoms with Crippen LogP contribution in [0.4, 0.5) is 10.8 Å². The van der Waals surface area contributed by atoms with Crippen molar-refractivity contribution in [3.63, 3.8) is 0 Å². The zero-order valence-electron chi connectivity index (χ0n) is 18.1. The van der Waals surface area contributed by atoms with Crippen LogP contribution in [0.5, 0.6) is 11.5 Å². The summed E-state index contributed by atoms with van der Waals surface area (Å²) in [5.74, 6) is 1.57. The van der Waals surface area contributed by atoms with E-state index in [1.165, 1.54) is 11.3 Å². The molecular formula is C24H27N3O3S. The summed E-state index contributed by atoms with van der Waals surface area (Å²) in [4.78, 5) is 21.1. The number of para-hydroxylation sites is 1. The molecule has 162 valence electrons.